The fourth-order valence-electron chi connectivity index (χ4n) is 1.05. The van der Waals surface area contributed by atoms with Crippen LogP contribution in [-0.2, 0) is 9.59 Å². The number of hydrogen-bond acceptors (Lipinski definition) is 4. The monoisotopic (exact) mass is 205 g/mol. The molecular formula is C7H11NO6. The fraction of sp³-hybridized carbons (Fsp3) is 0.714. The molecule has 7 heteroatoms. The fourth-order valence-corrected chi connectivity index (χ4v) is 1.05. The molecule has 2 N–H and O–H groups in total. The van der Waals surface area contributed by atoms with E-state index >= 15 is 0 Å². The minimum atomic E-state index is -2.17. The number of carboxylic acids is 2. The summed E-state index contributed by atoms with van der Waals surface area (Å²) >= 11 is 0. The third-order valence-corrected chi connectivity index (χ3v) is 2.08. The highest BCUT2D eigenvalue weighted by Crippen LogP contribution is 2.21. The molecule has 0 aliphatic rings. The van der Waals surface area contributed by atoms with E-state index in [9.17, 15) is 19.7 Å². The normalized spacial score (nSPS) is 14.4. The van der Waals surface area contributed by atoms with Gasteiger partial charge in [-0.15, -0.1) is 0 Å². The molecule has 0 saturated heterocycles. The number of aliphatic carboxylic acids is 2. The summed E-state index contributed by atoms with van der Waals surface area (Å²) in [5, 5.41) is 27.5. The largest absolute Gasteiger partial charge is 0.481 e. The molecule has 0 fully saturated rings. The SMILES string of the molecule is CC[C@@](CCC(=O)O)(C(=O)O)[N+](=O)[O-]. The van der Waals surface area contributed by atoms with E-state index in [0.717, 1.165) is 0 Å². The number of carboxylic acid groups (broad SMARTS) is 2. The maximum atomic E-state index is 10.7. The zero-order valence-electron chi connectivity index (χ0n) is 7.60. The Morgan fingerprint density at radius 1 is 1.43 bits per heavy atom. The first-order valence-corrected chi connectivity index (χ1v) is 3.96. The molecule has 7 nitrogen and oxygen atoms in total. The van der Waals surface area contributed by atoms with E-state index in [1.165, 1.54) is 6.92 Å². The molecule has 0 amide bonds. The van der Waals surface area contributed by atoms with Crippen molar-refractivity contribution in [2.24, 2.45) is 0 Å². The third-order valence-electron chi connectivity index (χ3n) is 2.08. The lowest BCUT2D eigenvalue weighted by atomic mass is 9.91. The second-order valence-corrected chi connectivity index (χ2v) is 2.84. The predicted molar refractivity (Wildman–Crippen MR) is 44.5 cm³/mol. The van der Waals surface area contributed by atoms with Crippen LogP contribution in [0.1, 0.15) is 26.2 Å². The molecule has 0 aliphatic heterocycles. The van der Waals surface area contributed by atoms with E-state index in [2.05, 4.69) is 0 Å². The Hall–Kier alpha value is -1.66. The van der Waals surface area contributed by atoms with E-state index in [4.69, 9.17) is 10.2 Å². The molecular weight excluding hydrogens is 194 g/mol. The lowest BCUT2D eigenvalue weighted by Gasteiger charge is -2.17. The number of hydrogen-bond donors (Lipinski definition) is 2. The Morgan fingerprint density at radius 3 is 2.14 bits per heavy atom. The van der Waals surface area contributed by atoms with Crippen LogP contribution in [0.4, 0.5) is 0 Å². The van der Waals surface area contributed by atoms with Crippen molar-refractivity contribution in [3.63, 3.8) is 0 Å². The van der Waals surface area contributed by atoms with Gasteiger partial charge in [-0.25, -0.2) is 4.79 Å². The minimum absolute atomic E-state index is 0.234. The van der Waals surface area contributed by atoms with Crippen molar-refractivity contribution in [3.05, 3.63) is 10.1 Å². The van der Waals surface area contributed by atoms with E-state index in [0.29, 0.717) is 0 Å². The van der Waals surface area contributed by atoms with Crippen LogP contribution in [0.2, 0.25) is 0 Å². The molecule has 0 rings (SSSR count). The van der Waals surface area contributed by atoms with Crippen molar-refractivity contribution >= 4 is 11.9 Å². The molecule has 0 saturated carbocycles. The highest BCUT2D eigenvalue weighted by molar-refractivity contribution is 5.78. The van der Waals surface area contributed by atoms with Crippen LogP contribution in [0.3, 0.4) is 0 Å². The molecule has 0 radical (unpaired) electrons. The highest BCUT2D eigenvalue weighted by atomic mass is 16.6. The summed E-state index contributed by atoms with van der Waals surface area (Å²) in [6, 6.07) is 0. The van der Waals surface area contributed by atoms with Crippen molar-refractivity contribution in [3.8, 4) is 0 Å². The van der Waals surface area contributed by atoms with Crippen LogP contribution in [-0.4, -0.2) is 32.6 Å². The summed E-state index contributed by atoms with van der Waals surface area (Å²) in [5.74, 6) is -2.84. The number of rotatable bonds is 6. The quantitative estimate of drug-likeness (QED) is 0.477. The second kappa shape index (κ2) is 4.54. The maximum absolute atomic E-state index is 10.7. The van der Waals surface area contributed by atoms with Crippen molar-refractivity contribution in [2.45, 2.75) is 31.7 Å². The molecule has 0 heterocycles. The average molecular weight is 205 g/mol. The summed E-state index contributed by atoms with van der Waals surface area (Å²) in [7, 11) is 0. The first-order valence-electron chi connectivity index (χ1n) is 3.96. The van der Waals surface area contributed by atoms with Gasteiger partial charge in [0.1, 0.15) is 0 Å². The van der Waals surface area contributed by atoms with E-state index < -0.39 is 35.2 Å². The van der Waals surface area contributed by atoms with Crippen molar-refractivity contribution < 1.29 is 24.7 Å². The number of carbonyl (C=O) groups is 2. The highest BCUT2D eigenvalue weighted by Gasteiger charge is 2.49. The topological polar surface area (TPSA) is 118 Å². The zero-order valence-corrected chi connectivity index (χ0v) is 7.60. The van der Waals surface area contributed by atoms with Gasteiger partial charge in [0.05, 0.1) is 6.42 Å². The van der Waals surface area contributed by atoms with Gasteiger partial charge in [-0.1, -0.05) is 6.92 Å². The Bertz CT molecular complexity index is 247. The first-order chi connectivity index (χ1) is 6.36. The molecule has 80 valence electrons. The maximum Gasteiger partial charge on any atom is 0.382 e. The number of nitrogens with zero attached hydrogens (tertiary/aromatic N) is 1. The third kappa shape index (κ3) is 2.41. The van der Waals surface area contributed by atoms with Gasteiger partial charge in [-0.3, -0.25) is 14.9 Å². The van der Waals surface area contributed by atoms with Crippen molar-refractivity contribution in [2.75, 3.05) is 0 Å². The Labute approximate surface area is 79.5 Å². The van der Waals surface area contributed by atoms with Crippen LogP contribution in [0.5, 0.6) is 0 Å². The summed E-state index contributed by atoms with van der Waals surface area (Å²) < 4.78 is 0. The molecule has 14 heavy (non-hydrogen) atoms. The first kappa shape index (κ1) is 12.3. The molecule has 0 aromatic rings. The molecule has 0 aromatic carbocycles. The van der Waals surface area contributed by atoms with E-state index in [1.54, 1.807) is 0 Å². The summed E-state index contributed by atoms with van der Waals surface area (Å²) in [4.78, 5) is 30.5. The van der Waals surface area contributed by atoms with Gasteiger partial charge < -0.3 is 10.2 Å². The molecule has 0 unspecified atom stereocenters. The Morgan fingerprint density at radius 2 is 1.93 bits per heavy atom. The molecule has 0 spiro atoms. The van der Waals surface area contributed by atoms with Gasteiger partial charge in [0.15, 0.2) is 0 Å². The zero-order chi connectivity index (χ0) is 11.4. The van der Waals surface area contributed by atoms with Crippen LogP contribution in [0, 0.1) is 10.1 Å². The molecule has 0 aliphatic carbocycles. The number of nitro groups is 1. The van der Waals surface area contributed by atoms with Crippen LogP contribution in [0.25, 0.3) is 0 Å². The van der Waals surface area contributed by atoms with Crippen LogP contribution in [0.15, 0.2) is 0 Å². The smallest absolute Gasteiger partial charge is 0.382 e. The van der Waals surface area contributed by atoms with Crippen molar-refractivity contribution in [1.82, 2.24) is 0 Å². The van der Waals surface area contributed by atoms with Crippen molar-refractivity contribution in [1.29, 1.82) is 0 Å². The average Bonchev–Trinajstić information content (AvgIpc) is 2.04. The van der Waals surface area contributed by atoms with E-state index in [1.807, 2.05) is 0 Å². The lowest BCUT2D eigenvalue weighted by molar-refractivity contribution is -0.556. The summed E-state index contributed by atoms with van der Waals surface area (Å²) in [5.41, 5.74) is -2.17. The Balaban J connectivity index is 4.77. The van der Waals surface area contributed by atoms with E-state index in [-0.39, 0.29) is 6.42 Å². The summed E-state index contributed by atoms with van der Waals surface area (Å²) in [6.45, 7) is 1.35. The van der Waals surface area contributed by atoms with Crippen LogP contribution < -0.4 is 0 Å². The minimum Gasteiger partial charge on any atom is -0.481 e. The summed E-state index contributed by atoms with van der Waals surface area (Å²) in [6.07, 6.45) is -1.26. The van der Waals surface area contributed by atoms with Gasteiger partial charge >= 0.3 is 17.5 Å². The molecule has 0 aromatic heterocycles. The van der Waals surface area contributed by atoms with Gasteiger partial charge in [-0.05, 0) is 0 Å². The molecule has 1 atom stereocenters. The lowest BCUT2D eigenvalue weighted by Crippen LogP contribution is -2.46. The van der Waals surface area contributed by atoms with Gasteiger partial charge in [0, 0.05) is 17.8 Å². The molecule has 0 bridgehead atoms. The van der Waals surface area contributed by atoms with Crippen LogP contribution >= 0.6 is 0 Å². The second-order valence-electron chi connectivity index (χ2n) is 2.84. The standard InChI is InChI=1S/C7H11NO6/c1-2-7(6(11)12,8(13)14)4-3-5(9)10/h2-4H2,1H3,(H,9,10)(H,11,12)/t7-/m1/s1. The predicted octanol–water partition coefficient (Wildman–Crippen LogP) is 0.361. The Kier molecular flexibility index (Phi) is 4.00. The van der Waals surface area contributed by atoms with Gasteiger partial charge in [0.25, 0.3) is 0 Å². The van der Waals surface area contributed by atoms with Gasteiger partial charge in [-0.2, -0.15) is 0 Å². The van der Waals surface area contributed by atoms with Gasteiger partial charge in [0.2, 0.25) is 0 Å².